The Balaban J connectivity index is 2.14. The fourth-order valence-electron chi connectivity index (χ4n) is 1.41. The van der Waals surface area contributed by atoms with Crippen LogP contribution in [0.2, 0.25) is 0 Å². The van der Waals surface area contributed by atoms with E-state index >= 15 is 0 Å². The molecule has 1 aromatic carbocycles. The molecule has 0 fully saturated rings. The lowest BCUT2D eigenvalue weighted by molar-refractivity contribution is 0.456. The maximum atomic E-state index is 13.0. The Morgan fingerprint density at radius 3 is 2.95 bits per heavy atom. The SMILES string of the molecule is CCCNc1cncc(Oc2ccc(F)cc2Br)n1. The number of nitrogens with one attached hydrogen (secondary N) is 1. The van der Waals surface area contributed by atoms with E-state index < -0.39 is 0 Å². The van der Waals surface area contributed by atoms with Crippen LogP contribution in [-0.4, -0.2) is 16.5 Å². The summed E-state index contributed by atoms with van der Waals surface area (Å²) in [5.74, 6) is 1.16. The second kappa shape index (κ2) is 6.47. The second-order valence-corrected chi connectivity index (χ2v) is 4.70. The average Bonchev–Trinajstić information content (AvgIpc) is 2.40. The van der Waals surface area contributed by atoms with E-state index in [1.807, 2.05) is 0 Å². The van der Waals surface area contributed by atoms with Crippen molar-refractivity contribution in [1.29, 1.82) is 0 Å². The van der Waals surface area contributed by atoms with E-state index in [4.69, 9.17) is 4.74 Å². The smallest absolute Gasteiger partial charge is 0.239 e. The van der Waals surface area contributed by atoms with Crippen LogP contribution in [0.3, 0.4) is 0 Å². The van der Waals surface area contributed by atoms with Crippen LogP contribution in [0.25, 0.3) is 0 Å². The predicted molar refractivity (Wildman–Crippen MR) is 75.0 cm³/mol. The van der Waals surface area contributed by atoms with Crippen molar-refractivity contribution in [3.05, 3.63) is 40.9 Å². The molecule has 0 aliphatic rings. The van der Waals surface area contributed by atoms with Crippen LogP contribution < -0.4 is 10.1 Å². The van der Waals surface area contributed by atoms with Gasteiger partial charge in [0.05, 0.1) is 16.9 Å². The third kappa shape index (κ3) is 3.89. The molecular formula is C13H13BrFN3O. The van der Waals surface area contributed by atoms with Gasteiger partial charge in [0.25, 0.3) is 0 Å². The average molecular weight is 326 g/mol. The van der Waals surface area contributed by atoms with Gasteiger partial charge in [0.1, 0.15) is 17.4 Å². The zero-order valence-corrected chi connectivity index (χ0v) is 11.9. The van der Waals surface area contributed by atoms with Crippen molar-refractivity contribution in [2.24, 2.45) is 0 Å². The summed E-state index contributed by atoms with van der Waals surface area (Å²) < 4.78 is 19.1. The summed E-state index contributed by atoms with van der Waals surface area (Å²) in [7, 11) is 0. The van der Waals surface area contributed by atoms with Crippen LogP contribution in [0.4, 0.5) is 10.2 Å². The normalized spacial score (nSPS) is 10.3. The quantitative estimate of drug-likeness (QED) is 0.902. The Kier molecular flexibility index (Phi) is 4.68. The van der Waals surface area contributed by atoms with Crippen molar-refractivity contribution >= 4 is 21.7 Å². The zero-order chi connectivity index (χ0) is 13.7. The Labute approximate surface area is 119 Å². The highest BCUT2D eigenvalue weighted by atomic mass is 79.9. The van der Waals surface area contributed by atoms with Gasteiger partial charge in [0, 0.05) is 6.54 Å². The molecule has 0 amide bonds. The number of hydrogen-bond acceptors (Lipinski definition) is 4. The van der Waals surface area contributed by atoms with E-state index in [9.17, 15) is 4.39 Å². The number of anilines is 1. The van der Waals surface area contributed by atoms with Crippen molar-refractivity contribution in [2.75, 3.05) is 11.9 Å². The summed E-state index contributed by atoms with van der Waals surface area (Å²) in [5.41, 5.74) is 0. The van der Waals surface area contributed by atoms with Gasteiger partial charge in [0.2, 0.25) is 5.88 Å². The fourth-order valence-corrected chi connectivity index (χ4v) is 1.84. The van der Waals surface area contributed by atoms with E-state index in [1.165, 1.54) is 24.4 Å². The molecule has 1 N–H and O–H groups in total. The van der Waals surface area contributed by atoms with Gasteiger partial charge in [-0.15, -0.1) is 0 Å². The molecule has 0 spiro atoms. The first-order chi connectivity index (χ1) is 9.19. The molecule has 1 aromatic heterocycles. The van der Waals surface area contributed by atoms with Crippen LogP contribution in [-0.2, 0) is 0 Å². The van der Waals surface area contributed by atoms with Gasteiger partial charge in [-0.2, -0.15) is 4.98 Å². The molecule has 2 rings (SSSR count). The van der Waals surface area contributed by atoms with Gasteiger partial charge in [-0.1, -0.05) is 6.92 Å². The van der Waals surface area contributed by atoms with E-state index in [-0.39, 0.29) is 5.82 Å². The van der Waals surface area contributed by atoms with Crippen LogP contribution in [0, 0.1) is 5.82 Å². The van der Waals surface area contributed by atoms with Gasteiger partial charge in [-0.05, 0) is 40.5 Å². The van der Waals surface area contributed by atoms with E-state index in [1.54, 1.807) is 6.20 Å². The zero-order valence-electron chi connectivity index (χ0n) is 10.4. The van der Waals surface area contributed by atoms with Gasteiger partial charge in [-0.25, -0.2) is 4.39 Å². The molecule has 0 radical (unpaired) electrons. The van der Waals surface area contributed by atoms with Crippen molar-refractivity contribution in [2.45, 2.75) is 13.3 Å². The predicted octanol–water partition coefficient (Wildman–Crippen LogP) is 3.99. The highest BCUT2D eigenvalue weighted by molar-refractivity contribution is 9.10. The van der Waals surface area contributed by atoms with Crippen molar-refractivity contribution in [3.8, 4) is 11.6 Å². The Morgan fingerprint density at radius 2 is 2.21 bits per heavy atom. The molecule has 1 heterocycles. The maximum Gasteiger partial charge on any atom is 0.239 e. The van der Waals surface area contributed by atoms with E-state index in [0.717, 1.165) is 13.0 Å². The van der Waals surface area contributed by atoms with Crippen LogP contribution in [0.1, 0.15) is 13.3 Å². The summed E-state index contributed by atoms with van der Waals surface area (Å²) in [6, 6.07) is 4.20. The van der Waals surface area contributed by atoms with E-state index in [0.29, 0.717) is 21.9 Å². The molecule has 19 heavy (non-hydrogen) atoms. The van der Waals surface area contributed by atoms with Gasteiger partial charge in [-0.3, -0.25) is 4.98 Å². The lowest BCUT2D eigenvalue weighted by Crippen LogP contribution is -2.03. The maximum absolute atomic E-state index is 13.0. The molecule has 2 aromatic rings. The summed E-state index contributed by atoms with van der Waals surface area (Å²) >= 11 is 3.24. The first kappa shape index (κ1) is 13.7. The molecule has 100 valence electrons. The highest BCUT2D eigenvalue weighted by Gasteiger charge is 2.06. The molecule has 0 atom stereocenters. The lowest BCUT2D eigenvalue weighted by Gasteiger charge is -2.08. The van der Waals surface area contributed by atoms with E-state index in [2.05, 4.69) is 38.1 Å². The number of nitrogens with zero attached hydrogens (tertiary/aromatic N) is 2. The summed E-state index contributed by atoms with van der Waals surface area (Å²) in [6.45, 7) is 2.88. The number of ether oxygens (including phenoxy) is 1. The Hall–Kier alpha value is -1.69. The molecule has 4 nitrogen and oxygen atoms in total. The second-order valence-electron chi connectivity index (χ2n) is 3.85. The van der Waals surface area contributed by atoms with Gasteiger partial charge in [0.15, 0.2) is 0 Å². The topological polar surface area (TPSA) is 47.0 Å². The van der Waals surface area contributed by atoms with Crippen LogP contribution in [0.15, 0.2) is 35.1 Å². The number of aromatic nitrogens is 2. The molecule has 0 aliphatic heterocycles. The molecule has 0 saturated carbocycles. The van der Waals surface area contributed by atoms with Gasteiger partial charge >= 0.3 is 0 Å². The van der Waals surface area contributed by atoms with Crippen molar-refractivity contribution < 1.29 is 9.13 Å². The highest BCUT2D eigenvalue weighted by Crippen LogP contribution is 2.29. The number of halogens is 2. The first-order valence-electron chi connectivity index (χ1n) is 5.88. The molecule has 0 unspecified atom stereocenters. The minimum absolute atomic E-state index is 0.330. The van der Waals surface area contributed by atoms with Crippen LogP contribution in [0.5, 0.6) is 11.6 Å². The van der Waals surface area contributed by atoms with Crippen molar-refractivity contribution in [1.82, 2.24) is 9.97 Å². The molecule has 0 saturated heterocycles. The molecular weight excluding hydrogens is 313 g/mol. The molecule has 0 aliphatic carbocycles. The lowest BCUT2D eigenvalue weighted by atomic mass is 10.3. The fraction of sp³-hybridized carbons (Fsp3) is 0.231. The monoisotopic (exact) mass is 325 g/mol. The third-order valence-electron chi connectivity index (χ3n) is 2.28. The molecule has 6 heteroatoms. The number of rotatable bonds is 5. The Bertz CT molecular complexity index is 565. The van der Waals surface area contributed by atoms with Crippen molar-refractivity contribution in [3.63, 3.8) is 0 Å². The van der Waals surface area contributed by atoms with Crippen LogP contribution >= 0.6 is 15.9 Å². The minimum atomic E-state index is -0.330. The third-order valence-corrected chi connectivity index (χ3v) is 2.90. The molecule has 0 bridgehead atoms. The Morgan fingerprint density at radius 1 is 1.37 bits per heavy atom. The summed E-state index contributed by atoms with van der Waals surface area (Å²) in [4.78, 5) is 8.30. The summed E-state index contributed by atoms with van der Waals surface area (Å²) in [5, 5.41) is 3.12. The summed E-state index contributed by atoms with van der Waals surface area (Å²) in [6.07, 6.45) is 4.13. The van der Waals surface area contributed by atoms with Gasteiger partial charge < -0.3 is 10.1 Å². The standard InChI is InChI=1S/C13H13BrFN3O/c1-2-5-17-12-7-16-8-13(18-12)19-11-4-3-9(15)6-10(11)14/h3-4,6-8H,2,5H2,1H3,(H,17,18). The number of benzene rings is 1. The minimum Gasteiger partial charge on any atom is -0.436 e. The largest absolute Gasteiger partial charge is 0.436 e. The number of hydrogen-bond donors (Lipinski definition) is 1. The first-order valence-corrected chi connectivity index (χ1v) is 6.67.